The van der Waals surface area contributed by atoms with Crippen LogP contribution in [-0.4, -0.2) is 38.2 Å². The number of carbonyl (C=O) groups is 2. The van der Waals surface area contributed by atoms with Gasteiger partial charge in [0, 0.05) is 28.6 Å². The van der Waals surface area contributed by atoms with E-state index in [0.29, 0.717) is 28.6 Å². The Morgan fingerprint density at radius 3 is 2.96 bits per heavy atom. The van der Waals surface area contributed by atoms with Crippen molar-refractivity contribution in [1.29, 1.82) is 0 Å². The molecule has 0 saturated heterocycles. The van der Waals surface area contributed by atoms with E-state index in [-0.39, 0.29) is 25.7 Å². The topological polar surface area (TPSA) is 65.1 Å². The van der Waals surface area contributed by atoms with Gasteiger partial charge < -0.3 is 14.2 Å². The van der Waals surface area contributed by atoms with E-state index < -0.39 is 11.4 Å². The summed E-state index contributed by atoms with van der Waals surface area (Å²) in [4.78, 5) is 27.3. The van der Waals surface area contributed by atoms with Gasteiger partial charge in [-0.25, -0.2) is 0 Å². The number of rotatable bonds is 3. The molecule has 0 saturated carbocycles. The van der Waals surface area contributed by atoms with Crippen molar-refractivity contribution in [2.75, 3.05) is 31.3 Å². The van der Waals surface area contributed by atoms with Gasteiger partial charge in [-0.1, -0.05) is 17.7 Å². The van der Waals surface area contributed by atoms with Gasteiger partial charge in [-0.15, -0.1) is 0 Å². The van der Waals surface area contributed by atoms with Crippen molar-refractivity contribution >= 4 is 29.2 Å². The largest absolute Gasteiger partial charge is 0.493 e. The molecule has 0 radical (unpaired) electrons. The Morgan fingerprint density at radius 2 is 2.14 bits per heavy atom. The first-order valence-electron chi connectivity index (χ1n) is 9.26. The molecule has 144 valence electrons. The Balaban J connectivity index is 1.68. The number of halogens is 1. The summed E-state index contributed by atoms with van der Waals surface area (Å²) < 4.78 is 16.6. The Labute approximate surface area is 166 Å². The van der Waals surface area contributed by atoms with Crippen molar-refractivity contribution in [3.63, 3.8) is 0 Å². The quantitative estimate of drug-likeness (QED) is 0.742. The number of benzene rings is 2. The van der Waals surface area contributed by atoms with Crippen LogP contribution >= 0.6 is 11.6 Å². The van der Waals surface area contributed by atoms with Crippen molar-refractivity contribution < 1.29 is 23.8 Å². The molecule has 1 amide bonds. The molecule has 6 nitrogen and oxygen atoms in total. The number of hydrogen-bond donors (Lipinski definition) is 0. The van der Waals surface area contributed by atoms with Gasteiger partial charge in [-0.05, 0) is 30.7 Å². The highest BCUT2D eigenvalue weighted by molar-refractivity contribution is 6.33. The predicted molar refractivity (Wildman–Crippen MR) is 102 cm³/mol. The lowest BCUT2D eigenvalue weighted by molar-refractivity contribution is -0.142. The fraction of sp³-hybridized carbons (Fsp3) is 0.333. The van der Waals surface area contributed by atoms with Crippen LogP contribution in [0.25, 0.3) is 0 Å². The molecular weight excluding hydrogens is 382 g/mol. The SMILES string of the molecule is CCOC(=O)CN1C(=O)C2(COc3cc4c(cc32)CCO4)c2c(Cl)cccc21. The van der Waals surface area contributed by atoms with E-state index in [0.717, 1.165) is 23.3 Å². The van der Waals surface area contributed by atoms with Crippen LogP contribution in [0.1, 0.15) is 23.6 Å². The first-order valence-corrected chi connectivity index (χ1v) is 9.63. The minimum absolute atomic E-state index is 0.139. The van der Waals surface area contributed by atoms with E-state index in [9.17, 15) is 9.59 Å². The Hall–Kier alpha value is -2.73. The zero-order valence-corrected chi connectivity index (χ0v) is 16.0. The maximum absolute atomic E-state index is 13.7. The number of ether oxygens (including phenoxy) is 3. The molecule has 0 aliphatic carbocycles. The first kappa shape index (κ1) is 17.4. The highest BCUT2D eigenvalue weighted by Crippen LogP contribution is 2.55. The molecule has 28 heavy (non-hydrogen) atoms. The number of anilines is 1. The molecule has 2 aromatic carbocycles. The van der Waals surface area contributed by atoms with Crippen LogP contribution in [0.5, 0.6) is 11.5 Å². The van der Waals surface area contributed by atoms with Crippen molar-refractivity contribution in [2.24, 2.45) is 0 Å². The van der Waals surface area contributed by atoms with Crippen LogP contribution in [0, 0.1) is 0 Å². The van der Waals surface area contributed by atoms with E-state index in [1.54, 1.807) is 19.1 Å². The Kier molecular flexibility index (Phi) is 3.81. The Bertz CT molecular complexity index is 1020. The molecule has 7 heteroatoms. The number of nitrogens with zero attached hydrogens (tertiary/aromatic N) is 1. The van der Waals surface area contributed by atoms with Crippen molar-refractivity contribution in [2.45, 2.75) is 18.8 Å². The lowest BCUT2D eigenvalue weighted by Crippen LogP contribution is -2.44. The van der Waals surface area contributed by atoms with Crippen LogP contribution in [0.3, 0.4) is 0 Å². The molecule has 0 aromatic heterocycles. The van der Waals surface area contributed by atoms with Crippen molar-refractivity contribution in [1.82, 2.24) is 0 Å². The third kappa shape index (κ3) is 2.21. The van der Waals surface area contributed by atoms with Crippen molar-refractivity contribution in [3.8, 4) is 11.5 Å². The normalized spacial score (nSPS) is 21.2. The number of esters is 1. The summed E-state index contributed by atoms with van der Waals surface area (Å²) >= 11 is 6.58. The molecule has 3 aliphatic heterocycles. The molecule has 3 aliphatic rings. The van der Waals surface area contributed by atoms with Gasteiger partial charge in [0.25, 0.3) is 0 Å². The summed E-state index contributed by atoms with van der Waals surface area (Å²) in [7, 11) is 0. The first-order chi connectivity index (χ1) is 13.6. The summed E-state index contributed by atoms with van der Waals surface area (Å²) in [5, 5.41) is 0.477. The van der Waals surface area contributed by atoms with Gasteiger partial charge >= 0.3 is 5.97 Å². The number of hydrogen-bond acceptors (Lipinski definition) is 5. The third-order valence-corrected chi connectivity index (χ3v) is 5.92. The molecular formula is C21H18ClNO5. The van der Waals surface area contributed by atoms with Gasteiger partial charge in [-0.2, -0.15) is 0 Å². The monoisotopic (exact) mass is 399 g/mol. The zero-order chi connectivity index (χ0) is 19.5. The van der Waals surface area contributed by atoms with Crippen LogP contribution in [0.15, 0.2) is 30.3 Å². The Morgan fingerprint density at radius 1 is 1.29 bits per heavy atom. The average Bonchev–Trinajstić information content (AvgIpc) is 3.34. The maximum atomic E-state index is 13.7. The van der Waals surface area contributed by atoms with Crippen LogP contribution in [-0.2, 0) is 26.2 Å². The zero-order valence-electron chi connectivity index (χ0n) is 15.3. The van der Waals surface area contributed by atoms with Crippen molar-refractivity contribution in [3.05, 3.63) is 52.0 Å². The van der Waals surface area contributed by atoms with E-state index in [2.05, 4.69) is 0 Å². The fourth-order valence-corrected chi connectivity index (χ4v) is 4.74. The lowest BCUT2D eigenvalue weighted by Gasteiger charge is -2.23. The molecule has 0 bridgehead atoms. The number of fused-ring (bicyclic) bond motifs is 5. The number of amides is 1. The summed E-state index contributed by atoms with van der Waals surface area (Å²) in [6.45, 7) is 2.59. The summed E-state index contributed by atoms with van der Waals surface area (Å²) in [5.41, 5.74) is 2.08. The van der Waals surface area contributed by atoms with Gasteiger partial charge in [0.05, 0.1) is 18.9 Å². The fourth-order valence-electron chi connectivity index (χ4n) is 4.41. The predicted octanol–water partition coefficient (Wildman–Crippen LogP) is 2.86. The van der Waals surface area contributed by atoms with Crippen LogP contribution in [0.2, 0.25) is 5.02 Å². The standard InChI is InChI=1S/C21H18ClNO5/c1-2-26-18(24)10-23-15-5-3-4-14(22)19(15)21(20(23)25)11-28-17-9-16-12(6-7-27-16)8-13(17)21/h3-5,8-9H,2,6-7,10-11H2,1H3. The molecule has 1 spiro atoms. The second kappa shape index (κ2) is 6.14. The molecule has 3 heterocycles. The molecule has 0 fully saturated rings. The van der Waals surface area contributed by atoms with E-state index >= 15 is 0 Å². The molecule has 1 unspecified atom stereocenters. The highest BCUT2D eigenvalue weighted by atomic mass is 35.5. The van der Waals surface area contributed by atoms with E-state index in [1.807, 2.05) is 18.2 Å². The second-order valence-corrected chi connectivity index (χ2v) is 7.49. The summed E-state index contributed by atoms with van der Waals surface area (Å²) in [6.07, 6.45) is 0.787. The highest BCUT2D eigenvalue weighted by Gasteiger charge is 2.58. The lowest BCUT2D eigenvalue weighted by atomic mass is 9.76. The average molecular weight is 400 g/mol. The number of carbonyl (C=O) groups excluding carboxylic acids is 2. The summed E-state index contributed by atoms with van der Waals surface area (Å²) in [6, 6.07) is 9.19. The maximum Gasteiger partial charge on any atom is 0.326 e. The molecule has 5 rings (SSSR count). The minimum Gasteiger partial charge on any atom is -0.493 e. The van der Waals surface area contributed by atoms with Gasteiger partial charge in [-0.3, -0.25) is 14.5 Å². The summed E-state index contributed by atoms with van der Waals surface area (Å²) in [5.74, 6) is 0.739. The van der Waals surface area contributed by atoms with Gasteiger partial charge in [0.15, 0.2) is 0 Å². The third-order valence-electron chi connectivity index (χ3n) is 5.61. The minimum atomic E-state index is -1.06. The molecule has 0 N–H and O–H groups in total. The van der Waals surface area contributed by atoms with Crippen LogP contribution in [0.4, 0.5) is 5.69 Å². The van der Waals surface area contributed by atoms with Crippen LogP contribution < -0.4 is 14.4 Å². The smallest absolute Gasteiger partial charge is 0.326 e. The molecule has 2 aromatic rings. The molecule has 1 atom stereocenters. The van der Waals surface area contributed by atoms with Gasteiger partial charge in [0.2, 0.25) is 5.91 Å². The van der Waals surface area contributed by atoms with E-state index in [1.165, 1.54) is 4.90 Å². The van der Waals surface area contributed by atoms with E-state index in [4.69, 9.17) is 25.8 Å². The van der Waals surface area contributed by atoms with Gasteiger partial charge in [0.1, 0.15) is 30.1 Å². The second-order valence-electron chi connectivity index (χ2n) is 7.08.